The Balaban J connectivity index is 1.12. The molecule has 6 nitrogen and oxygen atoms in total. The molecule has 0 spiro atoms. The highest BCUT2D eigenvalue weighted by molar-refractivity contribution is 8.00. The van der Waals surface area contributed by atoms with Crippen molar-refractivity contribution in [1.82, 2.24) is 19.8 Å². The number of hydrogen-bond donors (Lipinski definition) is 1. The van der Waals surface area contributed by atoms with Crippen LogP contribution < -0.4 is 10.9 Å². The predicted molar refractivity (Wildman–Crippen MR) is 148 cm³/mol. The number of halogens is 3. The fourth-order valence-corrected chi connectivity index (χ4v) is 9.87. The van der Waals surface area contributed by atoms with Gasteiger partial charge >= 0.3 is 0 Å². The summed E-state index contributed by atoms with van der Waals surface area (Å²) in [7, 11) is 0. The number of fused-ring (bicyclic) bond motifs is 2. The molecule has 5 aliphatic rings. The van der Waals surface area contributed by atoms with Crippen LogP contribution in [0.2, 0.25) is 0 Å². The van der Waals surface area contributed by atoms with Gasteiger partial charge in [0.2, 0.25) is 0 Å². The van der Waals surface area contributed by atoms with Crippen molar-refractivity contribution in [2.24, 2.45) is 11.8 Å². The van der Waals surface area contributed by atoms with Crippen LogP contribution in [0.4, 0.5) is 8.78 Å². The van der Waals surface area contributed by atoms with Crippen molar-refractivity contribution in [3.8, 4) is 0 Å². The summed E-state index contributed by atoms with van der Waals surface area (Å²) in [5.41, 5.74) is 1.53. The van der Waals surface area contributed by atoms with Gasteiger partial charge in [-0.3, -0.25) is 14.3 Å². The third-order valence-electron chi connectivity index (χ3n) is 9.73. The lowest BCUT2D eigenvalue weighted by atomic mass is 9.71. The third-order valence-corrected chi connectivity index (χ3v) is 11.7. The van der Waals surface area contributed by atoms with E-state index >= 15 is 0 Å². The summed E-state index contributed by atoms with van der Waals surface area (Å²) in [6, 6.07) is 1.12. The molecule has 38 heavy (non-hydrogen) atoms. The summed E-state index contributed by atoms with van der Waals surface area (Å²) < 4.78 is 35.2. The quantitative estimate of drug-likeness (QED) is 0.521. The van der Waals surface area contributed by atoms with Gasteiger partial charge < -0.3 is 10.1 Å². The minimum absolute atomic E-state index is 0.000171. The molecule has 7 unspecified atom stereocenters. The molecule has 0 radical (unpaired) electrons. The highest BCUT2D eigenvalue weighted by atomic mass is 35.5. The van der Waals surface area contributed by atoms with Crippen molar-refractivity contribution in [3.05, 3.63) is 27.4 Å². The van der Waals surface area contributed by atoms with Crippen LogP contribution in [0.15, 0.2) is 4.79 Å². The predicted octanol–water partition coefficient (Wildman–Crippen LogP) is 4.02. The molecule has 8 atom stereocenters. The van der Waals surface area contributed by atoms with Crippen LogP contribution in [0.25, 0.3) is 0 Å². The van der Waals surface area contributed by atoms with E-state index in [0.717, 1.165) is 31.4 Å². The Labute approximate surface area is 233 Å². The average Bonchev–Trinajstić information content (AvgIpc) is 3.33. The number of nitrogens with one attached hydrogen (secondary N) is 1. The molecule has 4 fully saturated rings. The van der Waals surface area contributed by atoms with Gasteiger partial charge in [0.25, 0.3) is 11.5 Å². The molecule has 1 aromatic heterocycles. The van der Waals surface area contributed by atoms with Gasteiger partial charge in [-0.1, -0.05) is 0 Å². The number of likely N-dealkylation sites (tertiary alicyclic amines) is 1. The highest BCUT2D eigenvalue weighted by Gasteiger charge is 2.48. The number of piperidine rings is 1. The molecule has 10 heteroatoms. The van der Waals surface area contributed by atoms with Gasteiger partial charge in [-0.25, -0.2) is 13.8 Å². The van der Waals surface area contributed by atoms with Crippen molar-refractivity contribution >= 4 is 23.4 Å². The summed E-state index contributed by atoms with van der Waals surface area (Å²) in [6.45, 7) is 4.73. The maximum absolute atomic E-state index is 13.5. The maximum atomic E-state index is 13.5. The minimum atomic E-state index is -2.59. The van der Waals surface area contributed by atoms with Crippen molar-refractivity contribution in [3.63, 3.8) is 0 Å². The van der Waals surface area contributed by atoms with E-state index in [0.29, 0.717) is 66.6 Å². The Bertz CT molecular complexity index is 1080. The Kier molecular flexibility index (Phi) is 7.88. The monoisotopic (exact) mass is 570 g/mol. The van der Waals surface area contributed by atoms with Crippen molar-refractivity contribution < 1.29 is 13.5 Å². The summed E-state index contributed by atoms with van der Waals surface area (Å²) in [5.74, 6) is 0.403. The van der Waals surface area contributed by atoms with Crippen LogP contribution in [0, 0.1) is 18.8 Å². The van der Waals surface area contributed by atoms with Gasteiger partial charge in [0.1, 0.15) is 5.82 Å². The zero-order valence-corrected chi connectivity index (χ0v) is 24.1. The van der Waals surface area contributed by atoms with Crippen LogP contribution in [0.3, 0.4) is 0 Å². The summed E-state index contributed by atoms with van der Waals surface area (Å²) in [4.78, 5) is 20.1. The van der Waals surface area contributed by atoms with Gasteiger partial charge in [0, 0.05) is 34.3 Å². The van der Waals surface area contributed by atoms with Crippen LogP contribution in [-0.4, -0.2) is 80.7 Å². The molecule has 1 aromatic rings. The van der Waals surface area contributed by atoms with E-state index < -0.39 is 5.92 Å². The van der Waals surface area contributed by atoms with Crippen LogP contribution in [0.1, 0.15) is 62.5 Å². The molecular formula is C28H41ClF2N4O2S. The number of thioether (sulfide) groups is 1. The first-order chi connectivity index (χ1) is 18.2. The first-order valence-electron chi connectivity index (χ1n) is 14.5. The lowest BCUT2D eigenvalue weighted by Gasteiger charge is -2.46. The van der Waals surface area contributed by atoms with E-state index in [4.69, 9.17) is 21.3 Å². The zero-order valence-electron chi connectivity index (χ0n) is 22.5. The minimum Gasteiger partial charge on any atom is -0.376 e. The second kappa shape index (κ2) is 10.9. The van der Waals surface area contributed by atoms with Crippen molar-refractivity contribution in [2.45, 2.75) is 113 Å². The highest BCUT2D eigenvalue weighted by Crippen LogP contribution is 2.47. The van der Waals surface area contributed by atoms with E-state index in [9.17, 15) is 13.6 Å². The lowest BCUT2D eigenvalue weighted by Crippen LogP contribution is -2.61. The fraction of sp³-hybridized carbons (Fsp3) is 0.857. The molecule has 1 N–H and O–H groups in total. The van der Waals surface area contributed by atoms with Gasteiger partial charge in [0.05, 0.1) is 38.0 Å². The van der Waals surface area contributed by atoms with E-state index in [1.54, 1.807) is 4.57 Å². The Morgan fingerprint density at radius 3 is 2.79 bits per heavy atom. The number of aryl methyl sites for hydroxylation is 2. The SMILES string of the molecule is Cc1nc2c(c(=O)n1CCOC1CCC(Cl)CC1C1CC(C)NC3CCSC31)C[C@H](N1CC(F)(F)C1)CC2. The fourth-order valence-electron chi connectivity index (χ4n) is 7.87. The molecule has 3 saturated heterocycles. The smallest absolute Gasteiger partial charge is 0.272 e. The molecule has 3 aliphatic heterocycles. The maximum Gasteiger partial charge on any atom is 0.272 e. The normalized spacial score (nSPS) is 38.9. The van der Waals surface area contributed by atoms with Crippen LogP contribution in [0.5, 0.6) is 0 Å². The molecule has 212 valence electrons. The molecule has 6 rings (SSSR count). The standard InChI is InChI=1S/C28H41ClF2N4O2S/c1-16-11-21(26-24(32-16)7-10-38-26)20-12-18(29)3-6-25(20)37-9-8-35-17(2)33-23-5-4-19(13-22(23)27(35)36)34-14-28(30,31)15-34/h16,18-21,24-26,32H,3-15H2,1-2H3/t16?,18?,19-,20?,21?,24?,25?,26?/m1/s1. The van der Waals surface area contributed by atoms with E-state index in [-0.39, 0.29) is 36.2 Å². The summed E-state index contributed by atoms with van der Waals surface area (Å²) >= 11 is 8.82. The largest absolute Gasteiger partial charge is 0.376 e. The number of aromatic nitrogens is 2. The summed E-state index contributed by atoms with van der Waals surface area (Å²) in [5, 5.41) is 4.67. The number of rotatable bonds is 6. The van der Waals surface area contributed by atoms with Gasteiger partial charge in [-0.2, -0.15) is 11.8 Å². The van der Waals surface area contributed by atoms with Crippen LogP contribution in [-0.2, 0) is 24.1 Å². The third kappa shape index (κ3) is 5.44. The molecule has 4 heterocycles. The number of ether oxygens (including phenoxy) is 1. The number of hydrogen-bond acceptors (Lipinski definition) is 6. The van der Waals surface area contributed by atoms with Crippen molar-refractivity contribution in [2.75, 3.05) is 25.4 Å². The number of nitrogens with zero attached hydrogens (tertiary/aromatic N) is 3. The Morgan fingerprint density at radius 2 is 2.00 bits per heavy atom. The van der Waals surface area contributed by atoms with Gasteiger partial charge in [0.15, 0.2) is 0 Å². The van der Waals surface area contributed by atoms with E-state index in [1.807, 2.05) is 11.8 Å². The Morgan fingerprint density at radius 1 is 1.18 bits per heavy atom. The van der Waals surface area contributed by atoms with Gasteiger partial charge in [-0.05, 0) is 82.8 Å². The second-order valence-corrected chi connectivity index (χ2v) is 14.3. The topological polar surface area (TPSA) is 59.4 Å². The molecule has 1 saturated carbocycles. The first-order valence-corrected chi connectivity index (χ1v) is 16.0. The molecule has 0 aromatic carbocycles. The molecular weight excluding hydrogens is 530 g/mol. The van der Waals surface area contributed by atoms with E-state index in [1.165, 1.54) is 18.6 Å². The zero-order chi connectivity index (χ0) is 26.6. The molecule has 0 bridgehead atoms. The molecule has 2 aliphatic carbocycles. The van der Waals surface area contributed by atoms with E-state index in [2.05, 4.69) is 24.0 Å². The van der Waals surface area contributed by atoms with Crippen molar-refractivity contribution in [1.29, 1.82) is 0 Å². The summed E-state index contributed by atoms with van der Waals surface area (Å²) in [6.07, 6.45) is 7.49. The Hall–Kier alpha value is -0.740. The van der Waals surface area contributed by atoms with Crippen LogP contribution >= 0.6 is 23.4 Å². The lowest BCUT2D eigenvalue weighted by molar-refractivity contribution is -0.147. The number of alkyl halides is 3. The average molecular weight is 571 g/mol. The first kappa shape index (κ1) is 27.4. The molecule has 0 amide bonds. The van der Waals surface area contributed by atoms with Gasteiger partial charge in [-0.15, -0.1) is 11.6 Å². The second-order valence-electron chi connectivity index (χ2n) is 12.4.